The number of hydrogen-bond acceptors (Lipinski definition) is 5. The zero-order chi connectivity index (χ0) is 19.7. The Morgan fingerprint density at radius 2 is 2.21 bits per heavy atom. The second-order valence-electron chi connectivity index (χ2n) is 6.25. The molecule has 0 saturated heterocycles. The molecule has 0 fully saturated rings. The molecule has 1 atom stereocenters. The standard InChI is InChI=1S/C19H16BrFN4O3/c1-27-16-7-12(15-8-17(26)24-19-22-10-23-25(15)19)6-14(20)18(16)28-9-11-3-2-4-13(21)5-11/h2-7,10,15H,8-9H2,1H3,(H,22,23,24,26)/t15-/m1/s1. The van der Waals surface area contributed by atoms with E-state index in [9.17, 15) is 9.18 Å². The first-order chi connectivity index (χ1) is 13.5. The molecule has 9 heteroatoms. The van der Waals surface area contributed by atoms with Crippen LogP contribution in [0.3, 0.4) is 0 Å². The molecule has 1 amide bonds. The summed E-state index contributed by atoms with van der Waals surface area (Å²) in [6.07, 6.45) is 1.63. The van der Waals surface area contributed by atoms with E-state index in [4.69, 9.17) is 9.47 Å². The number of rotatable bonds is 5. The van der Waals surface area contributed by atoms with Gasteiger partial charge in [-0.1, -0.05) is 12.1 Å². The highest BCUT2D eigenvalue weighted by Crippen LogP contribution is 2.40. The van der Waals surface area contributed by atoms with Crippen LogP contribution >= 0.6 is 15.9 Å². The van der Waals surface area contributed by atoms with Crippen molar-refractivity contribution in [3.63, 3.8) is 0 Å². The Hall–Kier alpha value is -2.94. The van der Waals surface area contributed by atoms with Gasteiger partial charge in [0.25, 0.3) is 0 Å². The topological polar surface area (TPSA) is 78.3 Å². The molecule has 144 valence electrons. The predicted octanol–water partition coefficient (Wildman–Crippen LogP) is 3.70. The maximum Gasteiger partial charge on any atom is 0.229 e. The average Bonchev–Trinajstić information content (AvgIpc) is 3.14. The van der Waals surface area contributed by atoms with Gasteiger partial charge in [-0.2, -0.15) is 10.1 Å². The van der Waals surface area contributed by atoms with Gasteiger partial charge in [0.05, 0.1) is 24.0 Å². The number of carbonyl (C=O) groups excluding carboxylic acids is 1. The minimum atomic E-state index is -0.318. The normalized spacial score (nSPS) is 15.7. The van der Waals surface area contributed by atoms with Gasteiger partial charge < -0.3 is 9.47 Å². The van der Waals surface area contributed by atoms with E-state index in [1.165, 1.54) is 25.6 Å². The summed E-state index contributed by atoms with van der Waals surface area (Å²) < 4.78 is 27.0. The van der Waals surface area contributed by atoms with Crippen molar-refractivity contribution >= 4 is 27.8 Å². The summed E-state index contributed by atoms with van der Waals surface area (Å²) in [5.41, 5.74) is 1.53. The Morgan fingerprint density at radius 3 is 3.00 bits per heavy atom. The maximum atomic E-state index is 13.4. The zero-order valence-corrected chi connectivity index (χ0v) is 16.4. The second-order valence-corrected chi connectivity index (χ2v) is 7.10. The van der Waals surface area contributed by atoms with Gasteiger partial charge in [-0.15, -0.1) is 0 Å². The molecule has 2 aromatic carbocycles. The lowest BCUT2D eigenvalue weighted by Crippen LogP contribution is -2.29. The van der Waals surface area contributed by atoms with Crippen molar-refractivity contribution in [1.29, 1.82) is 0 Å². The van der Waals surface area contributed by atoms with Crippen LogP contribution in [0.5, 0.6) is 11.5 Å². The Balaban J connectivity index is 1.64. The minimum absolute atomic E-state index is 0.132. The molecular formula is C19H16BrFN4O3. The van der Waals surface area contributed by atoms with E-state index >= 15 is 0 Å². The van der Waals surface area contributed by atoms with Crippen LogP contribution in [-0.4, -0.2) is 27.8 Å². The number of aromatic nitrogens is 3. The van der Waals surface area contributed by atoms with Crippen LogP contribution in [-0.2, 0) is 11.4 Å². The van der Waals surface area contributed by atoms with Crippen molar-refractivity contribution < 1.29 is 18.7 Å². The van der Waals surface area contributed by atoms with E-state index in [1.807, 2.05) is 6.07 Å². The summed E-state index contributed by atoms with van der Waals surface area (Å²) in [5, 5.41) is 6.90. The van der Waals surface area contributed by atoms with Crippen molar-refractivity contribution in [2.24, 2.45) is 0 Å². The number of amides is 1. The fourth-order valence-corrected chi connectivity index (χ4v) is 3.69. The first-order valence-corrected chi connectivity index (χ1v) is 9.28. The van der Waals surface area contributed by atoms with Gasteiger partial charge in [-0.05, 0) is 51.3 Å². The molecule has 0 spiro atoms. The van der Waals surface area contributed by atoms with E-state index in [0.29, 0.717) is 27.5 Å². The van der Waals surface area contributed by atoms with Crippen molar-refractivity contribution in [1.82, 2.24) is 14.8 Å². The van der Waals surface area contributed by atoms with Gasteiger partial charge in [-0.25, -0.2) is 9.07 Å². The second kappa shape index (κ2) is 7.59. The molecule has 1 aliphatic rings. The minimum Gasteiger partial charge on any atom is -0.493 e. The SMILES string of the molecule is COc1cc([C@H]2CC(=O)Nc3ncnn32)cc(Br)c1OCc1cccc(F)c1. The highest BCUT2D eigenvalue weighted by Gasteiger charge is 2.29. The van der Waals surface area contributed by atoms with Crippen LogP contribution in [0.1, 0.15) is 23.6 Å². The van der Waals surface area contributed by atoms with Crippen molar-refractivity contribution in [3.8, 4) is 11.5 Å². The molecule has 1 aromatic heterocycles. The summed E-state index contributed by atoms with van der Waals surface area (Å²) >= 11 is 3.51. The first kappa shape index (κ1) is 18.4. The zero-order valence-electron chi connectivity index (χ0n) is 14.9. The summed E-state index contributed by atoms with van der Waals surface area (Å²) in [6, 6.07) is 9.57. The number of fused-ring (bicyclic) bond motifs is 1. The third kappa shape index (κ3) is 3.57. The fraction of sp³-hybridized carbons (Fsp3) is 0.211. The van der Waals surface area contributed by atoms with E-state index in [1.54, 1.807) is 22.9 Å². The molecule has 28 heavy (non-hydrogen) atoms. The summed E-state index contributed by atoms with van der Waals surface area (Å²) in [4.78, 5) is 16.1. The number of benzene rings is 2. The van der Waals surface area contributed by atoms with Gasteiger partial charge >= 0.3 is 0 Å². The highest BCUT2D eigenvalue weighted by atomic mass is 79.9. The Kier molecular flexibility index (Phi) is 4.99. The lowest BCUT2D eigenvalue weighted by atomic mass is 10.0. The van der Waals surface area contributed by atoms with Gasteiger partial charge in [0, 0.05) is 0 Å². The molecule has 4 rings (SSSR count). The Morgan fingerprint density at radius 1 is 1.36 bits per heavy atom. The number of halogens is 2. The van der Waals surface area contributed by atoms with Crippen LogP contribution in [0.15, 0.2) is 47.2 Å². The third-order valence-corrected chi connectivity index (χ3v) is 5.00. The lowest BCUT2D eigenvalue weighted by molar-refractivity contribution is -0.117. The van der Waals surface area contributed by atoms with E-state index in [2.05, 4.69) is 31.3 Å². The molecular weight excluding hydrogens is 431 g/mol. The van der Waals surface area contributed by atoms with Gasteiger partial charge in [0.15, 0.2) is 11.5 Å². The monoisotopic (exact) mass is 446 g/mol. The van der Waals surface area contributed by atoms with Crippen LogP contribution < -0.4 is 14.8 Å². The maximum absolute atomic E-state index is 13.4. The van der Waals surface area contributed by atoms with Crippen LogP contribution in [0.4, 0.5) is 10.3 Å². The number of methoxy groups -OCH3 is 1. The Bertz CT molecular complexity index is 1040. The highest BCUT2D eigenvalue weighted by molar-refractivity contribution is 9.10. The van der Waals surface area contributed by atoms with Gasteiger partial charge in [-0.3, -0.25) is 10.1 Å². The van der Waals surface area contributed by atoms with Crippen molar-refractivity contribution in [2.45, 2.75) is 19.1 Å². The lowest BCUT2D eigenvalue weighted by Gasteiger charge is -2.25. The quantitative estimate of drug-likeness (QED) is 0.646. The number of carbonyl (C=O) groups is 1. The molecule has 0 unspecified atom stereocenters. The third-order valence-electron chi connectivity index (χ3n) is 4.41. The molecule has 3 aromatic rings. The largest absolute Gasteiger partial charge is 0.493 e. The number of nitrogens with one attached hydrogen (secondary N) is 1. The number of hydrogen-bond donors (Lipinski definition) is 1. The van der Waals surface area contributed by atoms with E-state index in [-0.39, 0.29) is 30.8 Å². The summed E-state index contributed by atoms with van der Waals surface area (Å²) in [5.74, 6) is 0.944. The van der Waals surface area contributed by atoms with Crippen LogP contribution in [0, 0.1) is 5.82 Å². The summed E-state index contributed by atoms with van der Waals surface area (Å²) in [7, 11) is 1.54. The molecule has 7 nitrogen and oxygen atoms in total. The van der Waals surface area contributed by atoms with Gasteiger partial charge in [0.1, 0.15) is 18.8 Å². The predicted molar refractivity (Wildman–Crippen MR) is 103 cm³/mol. The molecule has 0 aliphatic carbocycles. The Labute approximate surface area is 168 Å². The van der Waals surface area contributed by atoms with E-state index in [0.717, 1.165) is 5.56 Å². The fourth-order valence-electron chi connectivity index (χ4n) is 3.12. The molecule has 0 saturated carbocycles. The van der Waals surface area contributed by atoms with Crippen LogP contribution in [0.25, 0.3) is 0 Å². The molecule has 2 heterocycles. The average molecular weight is 447 g/mol. The molecule has 0 radical (unpaired) electrons. The van der Waals surface area contributed by atoms with Crippen molar-refractivity contribution in [2.75, 3.05) is 12.4 Å². The van der Waals surface area contributed by atoms with Crippen molar-refractivity contribution in [3.05, 3.63) is 64.1 Å². The molecule has 1 N–H and O–H groups in total. The number of anilines is 1. The first-order valence-electron chi connectivity index (χ1n) is 8.49. The number of ether oxygens (including phenoxy) is 2. The molecule has 0 bridgehead atoms. The van der Waals surface area contributed by atoms with E-state index < -0.39 is 0 Å². The summed E-state index contributed by atoms with van der Waals surface area (Å²) in [6.45, 7) is 0.186. The van der Waals surface area contributed by atoms with Gasteiger partial charge in [0.2, 0.25) is 11.9 Å². The van der Waals surface area contributed by atoms with Crippen LogP contribution in [0.2, 0.25) is 0 Å². The smallest absolute Gasteiger partial charge is 0.229 e. The molecule has 1 aliphatic heterocycles. The number of nitrogens with zero attached hydrogens (tertiary/aromatic N) is 3.